The first-order chi connectivity index (χ1) is 10.4. The Bertz CT molecular complexity index is 522. The maximum Gasteiger partial charge on any atom is 0.0953 e. The van der Waals surface area contributed by atoms with Crippen LogP contribution in [0, 0.1) is 0 Å². The van der Waals surface area contributed by atoms with Gasteiger partial charge in [0.2, 0.25) is 0 Å². The Kier molecular flexibility index (Phi) is 6.72. The monoisotopic (exact) mass is 281 g/mol. The minimum absolute atomic E-state index is 0.0894. The smallest absolute Gasteiger partial charge is 0.0953 e. The van der Waals surface area contributed by atoms with Crippen molar-refractivity contribution >= 4 is 6.08 Å². The van der Waals surface area contributed by atoms with Crippen LogP contribution in [0.15, 0.2) is 66.7 Å². The molecular weight excluding hydrogens is 258 g/mol. The molecular formula is C19H23NO. The second-order valence-electron chi connectivity index (χ2n) is 4.85. The summed E-state index contributed by atoms with van der Waals surface area (Å²) in [6.45, 7) is 4.50. The van der Waals surface area contributed by atoms with Crippen LogP contribution in [0.2, 0.25) is 0 Å². The van der Waals surface area contributed by atoms with E-state index in [9.17, 15) is 0 Å². The number of ether oxygens (including phenoxy) is 1. The number of nitrogens with one attached hydrogen (secondary N) is 1. The summed E-state index contributed by atoms with van der Waals surface area (Å²) in [5.74, 6) is 0. The van der Waals surface area contributed by atoms with Gasteiger partial charge in [-0.05, 0) is 17.7 Å². The average molecular weight is 281 g/mol. The lowest BCUT2D eigenvalue weighted by molar-refractivity contribution is 0.0745. The Morgan fingerprint density at radius 3 is 2.33 bits per heavy atom. The Balaban J connectivity index is 1.89. The minimum Gasteiger partial charge on any atom is -0.368 e. The summed E-state index contributed by atoms with van der Waals surface area (Å²) in [6.07, 6.45) is 4.25. The fraction of sp³-hybridized carbons (Fsp3) is 0.263. The summed E-state index contributed by atoms with van der Waals surface area (Å²) in [5, 5.41) is 3.36. The summed E-state index contributed by atoms with van der Waals surface area (Å²) >= 11 is 0. The highest BCUT2D eigenvalue weighted by atomic mass is 16.5. The summed E-state index contributed by atoms with van der Waals surface area (Å²) < 4.78 is 6.00. The third-order valence-electron chi connectivity index (χ3n) is 3.25. The number of rotatable bonds is 8. The van der Waals surface area contributed by atoms with Crippen LogP contribution in [0.25, 0.3) is 6.08 Å². The Morgan fingerprint density at radius 2 is 1.67 bits per heavy atom. The van der Waals surface area contributed by atoms with Gasteiger partial charge in [0.05, 0.1) is 12.7 Å². The van der Waals surface area contributed by atoms with Gasteiger partial charge < -0.3 is 10.1 Å². The van der Waals surface area contributed by atoms with Gasteiger partial charge in [-0.15, -0.1) is 0 Å². The van der Waals surface area contributed by atoms with Crippen LogP contribution in [-0.4, -0.2) is 19.7 Å². The summed E-state index contributed by atoms with van der Waals surface area (Å²) in [7, 11) is 0. The molecule has 0 aliphatic rings. The molecule has 0 saturated carbocycles. The zero-order chi connectivity index (χ0) is 14.8. The maximum absolute atomic E-state index is 6.00. The van der Waals surface area contributed by atoms with Crippen molar-refractivity contribution in [3.63, 3.8) is 0 Å². The van der Waals surface area contributed by atoms with Crippen molar-refractivity contribution < 1.29 is 4.74 Å². The van der Waals surface area contributed by atoms with Crippen molar-refractivity contribution in [1.29, 1.82) is 0 Å². The topological polar surface area (TPSA) is 21.3 Å². The molecule has 2 aromatic carbocycles. The fourth-order valence-electron chi connectivity index (χ4n) is 2.14. The molecule has 0 aromatic heterocycles. The van der Waals surface area contributed by atoms with Crippen LogP contribution in [-0.2, 0) is 4.74 Å². The van der Waals surface area contributed by atoms with E-state index in [4.69, 9.17) is 4.74 Å². The number of hydrogen-bond donors (Lipinski definition) is 1. The summed E-state index contributed by atoms with van der Waals surface area (Å²) in [5.41, 5.74) is 2.41. The van der Waals surface area contributed by atoms with Gasteiger partial charge in [-0.25, -0.2) is 0 Å². The van der Waals surface area contributed by atoms with Crippen molar-refractivity contribution in [3.05, 3.63) is 77.9 Å². The predicted molar refractivity (Wildman–Crippen MR) is 89.2 cm³/mol. The number of likely N-dealkylation sites (N-methyl/N-ethyl adjacent to an activating group) is 1. The Morgan fingerprint density at radius 1 is 1.00 bits per heavy atom. The molecule has 0 saturated heterocycles. The van der Waals surface area contributed by atoms with E-state index in [-0.39, 0.29) is 6.10 Å². The molecule has 0 radical (unpaired) electrons. The van der Waals surface area contributed by atoms with Crippen LogP contribution in [0.5, 0.6) is 0 Å². The lowest BCUT2D eigenvalue weighted by atomic mass is 10.1. The van der Waals surface area contributed by atoms with Gasteiger partial charge in [0.25, 0.3) is 0 Å². The molecule has 1 unspecified atom stereocenters. The largest absolute Gasteiger partial charge is 0.368 e. The molecule has 0 spiro atoms. The Hall–Kier alpha value is -1.90. The average Bonchev–Trinajstić information content (AvgIpc) is 2.56. The van der Waals surface area contributed by atoms with Crippen molar-refractivity contribution in [3.8, 4) is 0 Å². The number of hydrogen-bond acceptors (Lipinski definition) is 2. The standard InChI is InChI=1S/C19H23NO/c1-2-20-16-19(18-13-7-4-8-14-18)21-15-9-12-17-10-5-3-6-11-17/h3-14,19-20H,2,15-16H2,1H3. The quantitative estimate of drug-likeness (QED) is 0.787. The van der Waals surface area contributed by atoms with Gasteiger partial charge in [-0.2, -0.15) is 0 Å². The van der Waals surface area contributed by atoms with Crippen LogP contribution in [0.4, 0.5) is 0 Å². The lowest BCUT2D eigenvalue weighted by Gasteiger charge is -2.17. The van der Waals surface area contributed by atoms with Crippen LogP contribution < -0.4 is 5.32 Å². The van der Waals surface area contributed by atoms with E-state index in [1.807, 2.05) is 24.3 Å². The van der Waals surface area contributed by atoms with Crippen molar-refractivity contribution in [1.82, 2.24) is 5.32 Å². The van der Waals surface area contributed by atoms with Crippen LogP contribution >= 0.6 is 0 Å². The summed E-state index contributed by atoms with van der Waals surface area (Å²) in [4.78, 5) is 0. The van der Waals surface area contributed by atoms with Crippen molar-refractivity contribution in [2.75, 3.05) is 19.7 Å². The summed E-state index contributed by atoms with van der Waals surface area (Å²) in [6, 6.07) is 20.6. The normalized spacial score (nSPS) is 12.6. The number of benzene rings is 2. The van der Waals surface area contributed by atoms with E-state index in [0.29, 0.717) is 6.61 Å². The minimum atomic E-state index is 0.0894. The molecule has 1 N–H and O–H groups in total. The van der Waals surface area contributed by atoms with E-state index >= 15 is 0 Å². The van der Waals surface area contributed by atoms with E-state index in [2.05, 4.69) is 60.8 Å². The van der Waals surface area contributed by atoms with Gasteiger partial charge >= 0.3 is 0 Å². The van der Waals surface area contributed by atoms with Gasteiger partial charge in [0.1, 0.15) is 0 Å². The first kappa shape index (κ1) is 15.5. The molecule has 0 aliphatic carbocycles. The van der Waals surface area contributed by atoms with Crippen LogP contribution in [0.1, 0.15) is 24.2 Å². The molecule has 2 heteroatoms. The molecule has 0 fully saturated rings. The molecule has 2 aromatic rings. The highest BCUT2D eigenvalue weighted by Crippen LogP contribution is 2.16. The molecule has 0 heterocycles. The second kappa shape index (κ2) is 9.11. The molecule has 0 amide bonds. The predicted octanol–water partition coefficient (Wildman–Crippen LogP) is 4.07. The maximum atomic E-state index is 6.00. The first-order valence-electron chi connectivity index (χ1n) is 7.49. The van der Waals surface area contributed by atoms with Gasteiger partial charge in [0.15, 0.2) is 0 Å². The van der Waals surface area contributed by atoms with E-state index in [1.165, 1.54) is 11.1 Å². The van der Waals surface area contributed by atoms with Gasteiger partial charge in [0, 0.05) is 6.54 Å². The lowest BCUT2D eigenvalue weighted by Crippen LogP contribution is -2.23. The molecule has 0 bridgehead atoms. The molecule has 110 valence electrons. The van der Waals surface area contributed by atoms with Crippen molar-refractivity contribution in [2.24, 2.45) is 0 Å². The van der Waals surface area contributed by atoms with Crippen LogP contribution in [0.3, 0.4) is 0 Å². The second-order valence-corrected chi connectivity index (χ2v) is 4.85. The highest BCUT2D eigenvalue weighted by molar-refractivity contribution is 5.48. The third-order valence-corrected chi connectivity index (χ3v) is 3.25. The zero-order valence-corrected chi connectivity index (χ0v) is 12.5. The molecule has 2 rings (SSSR count). The SMILES string of the molecule is CCNCC(OCC=Cc1ccccc1)c1ccccc1. The molecule has 0 aliphatic heterocycles. The third kappa shape index (κ3) is 5.54. The Labute approximate surface area is 127 Å². The fourth-order valence-corrected chi connectivity index (χ4v) is 2.14. The van der Waals surface area contributed by atoms with E-state index in [1.54, 1.807) is 0 Å². The van der Waals surface area contributed by atoms with Crippen molar-refractivity contribution in [2.45, 2.75) is 13.0 Å². The van der Waals surface area contributed by atoms with Gasteiger partial charge in [-0.1, -0.05) is 79.7 Å². The highest BCUT2D eigenvalue weighted by Gasteiger charge is 2.09. The van der Waals surface area contributed by atoms with E-state index in [0.717, 1.165) is 13.1 Å². The van der Waals surface area contributed by atoms with E-state index < -0.39 is 0 Å². The molecule has 2 nitrogen and oxygen atoms in total. The van der Waals surface area contributed by atoms with Gasteiger partial charge in [-0.3, -0.25) is 0 Å². The first-order valence-corrected chi connectivity index (χ1v) is 7.49. The molecule has 1 atom stereocenters. The molecule has 21 heavy (non-hydrogen) atoms. The zero-order valence-electron chi connectivity index (χ0n) is 12.5.